The standard InChI is InChI=1S/C28H48O2/c1-19(2)28(6,30)14-7-8-20-10-12-23-22-11-9-21-18-25(3,29)16-17-27(21,5)24(22)13-15-26(20,23)4/h9,19-20,22-24,29-30H,7-8,10-18H2,1-6H3. The summed E-state index contributed by atoms with van der Waals surface area (Å²) in [6, 6.07) is 0. The lowest BCUT2D eigenvalue weighted by molar-refractivity contribution is -0.0668. The van der Waals surface area contributed by atoms with Crippen molar-refractivity contribution in [3.05, 3.63) is 11.6 Å². The van der Waals surface area contributed by atoms with Crippen molar-refractivity contribution in [3.8, 4) is 0 Å². The van der Waals surface area contributed by atoms with Gasteiger partial charge in [-0.3, -0.25) is 0 Å². The molecule has 0 saturated heterocycles. The van der Waals surface area contributed by atoms with Crippen LogP contribution in [0.1, 0.15) is 112 Å². The van der Waals surface area contributed by atoms with Crippen molar-refractivity contribution in [1.29, 1.82) is 0 Å². The number of hydrogen-bond acceptors (Lipinski definition) is 2. The Morgan fingerprint density at radius 2 is 1.80 bits per heavy atom. The summed E-state index contributed by atoms with van der Waals surface area (Å²) in [6.07, 6.45) is 15.8. The van der Waals surface area contributed by atoms with Crippen LogP contribution in [0.5, 0.6) is 0 Å². The van der Waals surface area contributed by atoms with Crippen molar-refractivity contribution in [2.45, 2.75) is 123 Å². The number of fused-ring (bicyclic) bond motifs is 5. The Balaban J connectivity index is 1.46. The first-order valence-electron chi connectivity index (χ1n) is 13.0. The molecule has 0 aromatic rings. The van der Waals surface area contributed by atoms with Crippen LogP contribution in [0, 0.1) is 40.4 Å². The van der Waals surface area contributed by atoms with E-state index in [0.717, 1.165) is 42.9 Å². The summed E-state index contributed by atoms with van der Waals surface area (Å²) in [5, 5.41) is 21.3. The average molecular weight is 417 g/mol. The van der Waals surface area contributed by atoms with Gasteiger partial charge in [0.2, 0.25) is 0 Å². The lowest BCUT2D eigenvalue weighted by atomic mass is 9.46. The normalized spacial score (nSPS) is 47.8. The zero-order valence-corrected chi connectivity index (χ0v) is 20.6. The van der Waals surface area contributed by atoms with E-state index in [-0.39, 0.29) is 0 Å². The van der Waals surface area contributed by atoms with Gasteiger partial charge in [-0.05, 0) is 118 Å². The van der Waals surface area contributed by atoms with Gasteiger partial charge in [0.25, 0.3) is 0 Å². The summed E-state index contributed by atoms with van der Waals surface area (Å²) in [6.45, 7) is 13.5. The van der Waals surface area contributed by atoms with Crippen molar-refractivity contribution >= 4 is 0 Å². The Morgan fingerprint density at radius 3 is 2.50 bits per heavy atom. The zero-order valence-electron chi connectivity index (χ0n) is 20.6. The minimum atomic E-state index is -0.516. The molecular formula is C28H48O2. The molecule has 0 bridgehead atoms. The predicted octanol–water partition coefficient (Wildman–Crippen LogP) is 6.89. The molecule has 0 heterocycles. The van der Waals surface area contributed by atoms with E-state index in [0.29, 0.717) is 16.7 Å². The lowest BCUT2D eigenvalue weighted by Gasteiger charge is -2.59. The molecule has 3 fully saturated rings. The van der Waals surface area contributed by atoms with Crippen LogP contribution in [0.4, 0.5) is 0 Å². The monoisotopic (exact) mass is 416 g/mol. The second-order valence-electron chi connectivity index (χ2n) is 13.2. The fraction of sp³-hybridized carbons (Fsp3) is 0.929. The number of aliphatic hydroxyl groups is 2. The van der Waals surface area contributed by atoms with Gasteiger partial charge in [0, 0.05) is 0 Å². The fourth-order valence-corrected chi connectivity index (χ4v) is 8.38. The molecule has 2 nitrogen and oxygen atoms in total. The molecule has 0 spiro atoms. The van der Waals surface area contributed by atoms with Crippen LogP contribution in [-0.2, 0) is 0 Å². The van der Waals surface area contributed by atoms with Crippen molar-refractivity contribution in [1.82, 2.24) is 0 Å². The third kappa shape index (κ3) is 3.72. The van der Waals surface area contributed by atoms with Crippen molar-refractivity contribution in [2.24, 2.45) is 40.4 Å². The molecule has 8 unspecified atom stereocenters. The maximum Gasteiger partial charge on any atom is 0.0657 e. The van der Waals surface area contributed by atoms with Crippen LogP contribution in [0.25, 0.3) is 0 Å². The van der Waals surface area contributed by atoms with E-state index in [1.165, 1.54) is 51.4 Å². The largest absolute Gasteiger partial charge is 0.390 e. The first kappa shape index (κ1) is 22.8. The number of allylic oxidation sites excluding steroid dienone is 1. The molecular weight excluding hydrogens is 368 g/mol. The molecule has 0 aromatic heterocycles. The summed E-state index contributed by atoms with van der Waals surface area (Å²) in [5.74, 6) is 3.73. The Kier molecular flexibility index (Phi) is 5.80. The van der Waals surface area contributed by atoms with Crippen LogP contribution in [0.3, 0.4) is 0 Å². The maximum atomic E-state index is 10.7. The first-order valence-corrected chi connectivity index (χ1v) is 13.0. The van der Waals surface area contributed by atoms with E-state index in [2.05, 4.69) is 33.8 Å². The summed E-state index contributed by atoms with van der Waals surface area (Å²) in [5.41, 5.74) is 1.41. The SMILES string of the molecule is CC(C)C(C)(O)CCCC1CCC2C3CC=C4CC(C)(O)CCC4(C)C3CCC12C. The van der Waals surface area contributed by atoms with E-state index in [4.69, 9.17) is 0 Å². The van der Waals surface area contributed by atoms with Gasteiger partial charge in [0.1, 0.15) is 0 Å². The molecule has 0 aliphatic heterocycles. The number of rotatable bonds is 5. The van der Waals surface area contributed by atoms with Crippen molar-refractivity contribution < 1.29 is 10.2 Å². The predicted molar refractivity (Wildman–Crippen MR) is 125 cm³/mol. The minimum absolute atomic E-state index is 0.333. The van der Waals surface area contributed by atoms with Gasteiger partial charge in [0.15, 0.2) is 0 Å². The van der Waals surface area contributed by atoms with Crippen LogP contribution < -0.4 is 0 Å². The Hall–Kier alpha value is -0.340. The quantitative estimate of drug-likeness (QED) is 0.479. The van der Waals surface area contributed by atoms with Gasteiger partial charge in [-0.1, -0.05) is 45.8 Å². The van der Waals surface area contributed by atoms with Crippen LogP contribution in [0.15, 0.2) is 11.6 Å². The highest BCUT2D eigenvalue weighted by Crippen LogP contribution is 2.67. The molecule has 4 rings (SSSR count). The van der Waals surface area contributed by atoms with Crippen molar-refractivity contribution in [3.63, 3.8) is 0 Å². The molecule has 2 heteroatoms. The number of hydrogen-bond donors (Lipinski definition) is 2. The van der Waals surface area contributed by atoms with Gasteiger partial charge >= 0.3 is 0 Å². The maximum absolute atomic E-state index is 10.7. The highest BCUT2D eigenvalue weighted by Gasteiger charge is 2.58. The van der Waals surface area contributed by atoms with Crippen LogP contribution in [-0.4, -0.2) is 21.4 Å². The second-order valence-corrected chi connectivity index (χ2v) is 13.2. The highest BCUT2D eigenvalue weighted by molar-refractivity contribution is 5.26. The van der Waals surface area contributed by atoms with E-state index >= 15 is 0 Å². The van der Waals surface area contributed by atoms with Gasteiger partial charge in [-0.25, -0.2) is 0 Å². The third-order valence-corrected chi connectivity index (χ3v) is 11.1. The summed E-state index contributed by atoms with van der Waals surface area (Å²) >= 11 is 0. The first-order chi connectivity index (χ1) is 13.9. The molecule has 3 saturated carbocycles. The highest BCUT2D eigenvalue weighted by atomic mass is 16.3. The topological polar surface area (TPSA) is 40.5 Å². The van der Waals surface area contributed by atoms with Crippen LogP contribution in [0.2, 0.25) is 0 Å². The summed E-state index contributed by atoms with van der Waals surface area (Å²) < 4.78 is 0. The Labute approximate surface area is 185 Å². The fourth-order valence-electron chi connectivity index (χ4n) is 8.38. The van der Waals surface area contributed by atoms with E-state index in [1.54, 1.807) is 5.57 Å². The molecule has 0 aromatic carbocycles. The minimum Gasteiger partial charge on any atom is -0.390 e. The average Bonchev–Trinajstić information content (AvgIpc) is 2.98. The van der Waals surface area contributed by atoms with Crippen LogP contribution >= 0.6 is 0 Å². The third-order valence-electron chi connectivity index (χ3n) is 11.1. The van der Waals surface area contributed by atoms with Gasteiger partial charge in [-0.2, -0.15) is 0 Å². The second kappa shape index (κ2) is 7.62. The van der Waals surface area contributed by atoms with Gasteiger partial charge in [0.05, 0.1) is 11.2 Å². The lowest BCUT2D eigenvalue weighted by Crippen LogP contribution is -2.51. The Morgan fingerprint density at radius 1 is 1.07 bits per heavy atom. The molecule has 0 amide bonds. The molecule has 8 atom stereocenters. The summed E-state index contributed by atoms with van der Waals surface area (Å²) in [7, 11) is 0. The molecule has 0 radical (unpaired) electrons. The molecule has 172 valence electrons. The van der Waals surface area contributed by atoms with E-state index < -0.39 is 11.2 Å². The van der Waals surface area contributed by atoms with Gasteiger partial charge < -0.3 is 10.2 Å². The van der Waals surface area contributed by atoms with Crippen molar-refractivity contribution in [2.75, 3.05) is 0 Å². The molecule has 2 N–H and O–H groups in total. The van der Waals surface area contributed by atoms with Gasteiger partial charge in [-0.15, -0.1) is 0 Å². The molecule has 4 aliphatic rings. The molecule has 4 aliphatic carbocycles. The Bertz CT molecular complexity index is 674. The molecule has 30 heavy (non-hydrogen) atoms. The smallest absolute Gasteiger partial charge is 0.0657 e. The zero-order chi connectivity index (χ0) is 21.9. The summed E-state index contributed by atoms with van der Waals surface area (Å²) in [4.78, 5) is 0. The van der Waals surface area contributed by atoms with E-state index in [9.17, 15) is 10.2 Å². The van der Waals surface area contributed by atoms with E-state index in [1.807, 2.05) is 13.8 Å².